The quantitative estimate of drug-likeness (QED) is 0.193. The van der Waals surface area contributed by atoms with Gasteiger partial charge in [-0.25, -0.2) is 0 Å². The average Bonchev–Trinajstić information content (AvgIpc) is 3.11. The van der Waals surface area contributed by atoms with Crippen LogP contribution in [0, 0.1) is 11.8 Å². The number of hydrogen-bond acceptors (Lipinski definition) is 4. The fourth-order valence-electron chi connectivity index (χ4n) is 4.03. The van der Waals surface area contributed by atoms with Gasteiger partial charge in [-0.1, -0.05) is 61.9 Å². The zero-order valence-electron chi connectivity index (χ0n) is 19.6. The molecule has 2 rings (SSSR count). The molecule has 186 valence electrons. The number of carboxylic acids is 1. The number of allylic oxidation sites excluding steroid dienone is 3. The van der Waals surface area contributed by atoms with E-state index in [1.54, 1.807) is 6.92 Å². The van der Waals surface area contributed by atoms with Crippen molar-refractivity contribution in [2.75, 3.05) is 0 Å². The lowest BCUT2D eigenvalue weighted by Crippen LogP contribution is -2.28. The predicted molar refractivity (Wildman–Crippen MR) is 125 cm³/mol. The fraction of sp³-hybridized carbons (Fsp3) is 0.519. The molecule has 0 radical (unpaired) electrons. The Bertz CT molecular complexity index is 863. The minimum atomic E-state index is -3.42. The Hall–Kier alpha value is -2.67. The molecule has 0 spiro atoms. The number of hydrogen-bond donors (Lipinski definition) is 1. The normalized spacial score (nSPS) is 21.0. The number of halogens is 2. The molecule has 0 aliphatic heterocycles. The lowest BCUT2D eigenvalue weighted by molar-refractivity contribution is -0.138. The van der Waals surface area contributed by atoms with E-state index in [0.29, 0.717) is 25.7 Å². The molecule has 7 heteroatoms. The summed E-state index contributed by atoms with van der Waals surface area (Å²) in [5, 5.41) is 8.71. The maximum absolute atomic E-state index is 14.1. The summed E-state index contributed by atoms with van der Waals surface area (Å²) in [6, 6.07) is 9.45. The third kappa shape index (κ3) is 8.93. The monoisotopic (exact) mass is 476 g/mol. The van der Waals surface area contributed by atoms with Gasteiger partial charge in [-0.2, -0.15) is 8.78 Å². The van der Waals surface area contributed by atoms with E-state index in [4.69, 9.17) is 9.84 Å². The highest BCUT2D eigenvalue weighted by Crippen LogP contribution is 2.36. The molecule has 0 bridgehead atoms. The van der Waals surface area contributed by atoms with Crippen molar-refractivity contribution in [1.29, 1.82) is 0 Å². The molecular weight excluding hydrogens is 442 g/mol. The topological polar surface area (TPSA) is 80.7 Å². The molecule has 1 aromatic carbocycles. The highest BCUT2D eigenvalue weighted by Gasteiger charge is 2.42. The molecule has 1 saturated carbocycles. The van der Waals surface area contributed by atoms with Crippen LogP contribution in [-0.2, 0) is 25.7 Å². The number of ketones is 2. The first-order valence-electron chi connectivity index (χ1n) is 11.9. The van der Waals surface area contributed by atoms with Crippen molar-refractivity contribution in [2.45, 2.75) is 76.9 Å². The summed E-state index contributed by atoms with van der Waals surface area (Å²) >= 11 is 0. The summed E-state index contributed by atoms with van der Waals surface area (Å²) in [7, 11) is 0. The van der Waals surface area contributed by atoms with E-state index in [9.17, 15) is 23.2 Å². The molecule has 5 nitrogen and oxygen atoms in total. The van der Waals surface area contributed by atoms with Crippen LogP contribution in [0.2, 0.25) is 0 Å². The smallest absolute Gasteiger partial charge is 0.309 e. The van der Waals surface area contributed by atoms with Gasteiger partial charge in [0.15, 0.2) is 0 Å². The lowest BCUT2D eigenvalue weighted by Gasteiger charge is -2.21. The molecule has 0 saturated heterocycles. The maximum atomic E-state index is 14.1. The zero-order valence-corrected chi connectivity index (χ0v) is 19.6. The van der Waals surface area contributed by atoms with Gasteiger partial charge in [0.05, 0.1) is 12.7 Å². The van der Waals surface area contributed by atoms with Crippen LogP contribution in [0.4, 0.5) is 8.78 Å². The van der Waals surface area contributed by atoms with Gasteiger partial charge < -0.3 is 9.84 Å². The van der Waals surface area contributed by atoms with E-state index in [1.807, 2.05) is 42.5 Å². The molecule has 1 aliphatic rings. The number of Topliss-reactive ketones (excluding diaryl/α,β-unsaturated/α-hetero) is 1. The van der Waals surface area contributed by atoms with E-state index in [2.05, 4.69) is 0 Å². The minimum absolute atomic E-state index is 0.0342. The third-order valence-electron chi connectivity index (χ3n) is 6.01. The number of alkyl halides is 2. The van der Waals surface area contributed by atoms with Crippen molar-refractivity contribution in [1.82, 2.24) is 0 Å². The molecule has 1 aliphatic carbocycles. The highest BCUT2D eigenvalue weighted by atomic mass is 19.3. The minimum Gasteiger partial charge on any atom is -0.481 e. The SMILES string of the molecule is CCCCC(F)(F)C(=O)/C=C/[C@H]1[C@H](OCc2ccccc2)CC(=O)[C@@H]1C/C=C\CCCC(=O)O. The third-order valence-corrected chi connectivity index (χ3v) is 6.01. The van der Waals surface area contributed by atoms with E-state index >= 15 is 0 Å². The molecule has 0 unspecified atom stereocenters. The van der Waals surface area contributed by atoms with Crippen LogP contribution in [0.1, 0.15) is 63.9 Å². The maximum Gasteiger partial charge on any atom is 0.309 e. The predicted octanol–water partition coefficient (Wildman–Crippen LogP) is 5.93. The summed E-state index contributed by atoms with van der Waals surface area (Å²) in [4.78, 5) is 35.5. The fourth-order valence-corrected chi connectivity index (χ4v) is 4.03. The second-order valence-corrected chi connectivity index (χ2v) is 8.71. The summed E-state index contributed by atoms with van der Waals surface area (Å²) in [5.74, 6) is -6.54. The van der Waals surface area contributed by atoms with E-state index in [-0.39, 0.29) is 31.7 Å². The van der Waals surface area contributed by atoms with Crippen molar-refractivity contribution in [3.05, 3.63) is 60.2 Å². The van der Waals surface area contributed by atoms with E-state index < -0.39 is 42.0 Å². The van der Waals surface area contributed by atoms with Crippen LogP contribution in [-0.4, -0.2) is 34.7 Å². The average molecular weight is 477 g/mol. The first kappa shape index (κ1) is 27.6. The number of rotatable bonds is 15. The van der Waals surface area contributed by atoms with Gasteiger partial charge in [0.2, 0.25) is 5.78 Å². The van der Waals surface area contributed by atoms with Crippen LogP contribution in [0.3, 0.4) is 0 Å². The Balaban J connectivity index is 2.09. The van der Waals surface area contributed by atoms with Gasteiger partial charge in [0.1, 0.15) is 5.78 Å². The Labute approximate surface area is 199 Å². The van der Waals surface area contributed by atoms with E-state index in [0.717, 1.165) is 11.6 Å². The van der Waals surface area contributed by atoms with Crippen LogP contribution in [0.25, 0.3) is 0 Å². The van der Waals surface area contributed by atoms with Crippen LogP contribution >= 0.6 is 0 Å². The standard InChI is InChI=1S/C27H34F2O5/c1-2-3-17-27(28,29)25(31)16-15-22-21(13-9-4-5-10-14-26(32)33)23(30)18-24(22)34-19-20-11-7-6-8-12-20/h4,6-9,11-12,15-16,21-22,24H,2-3,5,10,13-14,17-19H2,1H3,(H,32,33)/b9-4-,16-15+/t21-,22-,24-/m1/s1. The number of ether oxygens (including phenoxy) is 1. The van der Waals surface area contributed by atoms with Gasteiger partial charge in [-0.3, -0.25) is 14.4 Å². The Morgan fingerprint density at radius 2 is 1.91 bits per heavy atom. The van der Waals surface area contributed by atoms with Gasteiger partial charge >= 0.3 is 11.9 Å². The second-order valence-electron chi connectivity index (χ2n) is 8.71. The van der Waals surface area contributed by atoms with Crippen molar-refractivity contribution < 1.29 is 33.0 Å². The summed E-state index contributed by atoms with van der Waals surface area (Å²) < 4.78 is 34.3. The van der Waals surface area contributed by atoms with Crippen LogP contribution in [0.5, 0.6) is 0 Å². The van der Waals surface area contributed by atoms with Crippen molar-refractivity contribution in [3.63, 3.8) is 0 Å². The van der Waals surface area contributed by atoms with Crippen LogP contribution < -0.4 is 0 Å². The Morgan fingerprint density at radius 3 is 2.59 bits per heavy atom. The molecule has 1 fully saturated rings. The van der Waals surface area contributed by atoms with Gasteiger partial charge in [-0.15, -0.1) is 0 Å². The number of carbonyl (C=O) groups excluding carboxylic acids is 2. The number of unbranched alkanes of at least 4 members (excludes halogenated alkanes) is 2. The second kappa shape index (κ2) is 13.9. The van der Waals surface area contributed by atoms with Gasteiger partial charge in [-0.05, 0) is 37.3 Å². The van der Waals surface area contributed by atoms with Crippen molar-refractivity contribution in [3.8, 4) is 0 Å². The lowest BCUT2D eigenvalue weighted by atomic mass is 9.90. The number of carbonyl (C=O) groups is 3. The molecule has 1 N–H and O–H groups in total. The first-order chi connectivity index (χ1) is 16.2. The van der Waals surface area contributed by atoms with Crippen molar-refractivity contribution in [2.24, 2.45) is 11.8 Å². The number of benzene rings is 1. The summed E-state index contributed by atoms with van der Waals surface area (Å²) in [6.45, 7) is 2.07. The molecule has 1 aromatic rings. The van der Waals surface area contributed by atoms with E-state index in [1.165, 1.54) is 6.08 Å². The largest absolute Gasteiger partial charge is 0.481 e. The number of aliphatic carboxylic acids is 1. The Kier molecular flexibility index (Phi) is 11.3. The first-order valence-corrected chi connectivity index (χ1v) is 11.9. The van der Waals surface area contributed by atoms with Gasteiger partial charge in [0, 0.05) is 31.1 Å². The van der Waals surface area contributed by atoms with Gasteiger partial charge in [0.25, 0.3) is 0 Å². The Morgan fingerprint density at radius 1 is 1.18 bits per heavy atom. The molecule has 0 heterocycles. The molecule has 0 amide bonds. The van der Waals surface area contributed by atoms with Crippen LogP contribution in [0.15, 0.2) is 54.6 Å². The zero-order chi connectivity index (χ0) is 25.0. The summed E-state index contributed by atoms with van der Waals surface area (Å²) in [6.07, 6.45) is 7.50. The molecule has 0 aromatic heterocycles. The molecular formula is C27H34F2O5. The van der Waals surface area contributed by atoms with Crippen molar-refractivity contribution >= 4 is 17.5 Å². The molecule has 34 heavy (non-hydrogen) atoms. The highest BCUT2D eigenvalue weighted by molar-refractivity contribution is 5.95. The molecule has 3 atom stereocenters. The summed E-state index contributed by atoms with van der Waals surface area (Å²) in [5.41, 5.74) is 0.932. The number of carboxylic acid groups (broad SMARTS) is 1.